The molecule has 1 saturated heterocycles. The molecule has 1 aliphatic rings. The molecule has 0 saturated carbocycles. The Morgan fingerprint density at radius 1 is 0.967 bits per heavy atom. The average Bonchev–Trinajstić information content (AvgIpc) is 2.81. The van der Waals surface area contributed by atoms with E-state index in [1.165, 1.54) is 0 Å². The molecule has 4 heteroatoms. The second-order valence-corrected chi connectivity index (χ2v) is 7.50. The highest BCUT2D eigenvalue weighted by molar-refractivity contribution is 6.07. The van der Waals surface area contributed by atoms with Crippen LogP contribution >= 0.6 is 0 Å². The third-order valence-corrected chi connectivity index (χ3v) is 5.46. The van der Waals surface area contributed by atoms with Gasteiger partial charge in [0.05, 0.1) is 12.5 Å². The van der Waals surface area contributed by atoms with Gasteiger partial charge in [-0.05, 0) is 41.8 Å². The Hall–Kier alpha value is -3.58. The van der Waals surface area contributed by atoms with Crippen molar-refractivity contribution < 1.29 is 9.59 Å². The number of rotatable bonds is 3. The summed E-state index contributed by atoms with van der Waals surface area (Å²) in [6.45, 7) is 1.43. The van der Waals surface area contributed by atoms with Crippen molar-refractivity contribution in [3.8, 4) is 11.8 Å². The van der Waals surface area contributed by atoms with Gasteiger partial charge in [-0.15, -0.1) is 0 Å². The van der Waals surface area contributed by atoms with Crippen molar-refractivity contribution >= 4 is 22.6 Å². The number of nitrogens with one attached hydrogen (secondary N) is 1. The number of nitrogens with zero attached hydrogens (tertiary/aromatic N) is 1. The molecule has 0 spiro atoms. The van der Waals surface area contributed by atoms with E-state index in [0.717, 1.165) is 29.2 Å². The van der Waals surface area contributed by atoms with Crippen LogP contribution in [0.1, 0.15) is 28.8 Å². The SMILES string of the molecule is O=C(NCC#Cc1ccccc1)C1CCCN(C(=O)c2cccc3ccccc23)C1. The van der Waals surface area contributed by atoms with Gasteiger partial charge in [0.15, 0.2) is 0 Å². The number of piperidine rings is 1. The smallest absolute Gasteiger partial charge is 0.254 e. The molecule has 2 amide bonds. The number of amides is 2. The summed E-state index contributed by atoms with van der Waals surface area (Å²) in [6, 6.07) is 23.4. The van der Waals surface area contributed by atoms with Crippen LogP contribution in [0, 0.1) is 17.8 Å². The third kappa shape index (κ3) is 4.52. The molecule has 0 bridgehead atoms. The topological polar surface area (TPSA) is 49.4 Å². The van der Waals surface area contributed by atoms with Gasteiger partial charge in [0.25, 0.3) is 5.91 Å². The fourth-order valence-electron chi connectivity index (χ4n) is 3.90. The van der Waals surface area contributed by atoms with Crippen LogP contribution in [0.25, 0.3) is 10.8 Å². The Kier molecular flexibility index (Phi) is 6.10. The van der Waals surface area contributed by atoms with Crippen LogP contribution in [0.3, 0.4) is 0 Å². The number of hydrogen-bond acceptors (Lipinski definition) is 2. The number of fused-ring (bicyclic) bond motifs is 1. The van der Waals surface area contributed by atoms with Gasteiger partial charge in [-0.3, -0.25) is 9.59 Å². The van der Waals surface area contributed by atoms with Crippen molar-refractivity contribution in [3.63, 3.8) is 0 Å². The summed E-state index contributed by atoms with van der Waals surface area (Å²) in [7, 11) is 0. The summed E-state index contributed by atoms with van der Waals surface area (Å²) in [6.07, 6.45) is 1.61. The molecule has 4 rings (SSSR count). The first-order valence-corrected chi connectivity index (χ1v) is 10.3. The molecule has 1 aliphatic heterocycles. The minimum atomic E-state index is -0.198. The van der Waals surface area contributed by atoms with Crippen molar-refractivity contribution in [1.29, 1.82) is 0 Å². The van der Waals surface area contributed by atoms with E-state index in [-0.39, 0.29) is 17.7 Å². The van der Waals surface area contributed by atoms with E-state index < -0.39 is 0 Å². The summed E-state index contributed by atoms with van der Waals surface area (Å²) in [4.78, 5) is 27.6. The number of carbonyl (C=O) groups is 2. The van der Waals surface area contributed by atoms with Gasteiger partial charge in [-0.2, -0.15) is 0 Å². The van der Waals surface area contributed by atoms with E-state index in [1.54, 1.807) is 0 Å². The molecule has 30 heavy (non-hydrogen) atoms. The predicted octanol–water partition coefficient (Wildman–Crippen LogP) is 3.86. The largest absolute Gasteiger partial charge is 0.345 e. The molecular formula is C26H24N2O2. The van der Waals surface area contributed by atoms with Crippen LogP contribution in [-0.4, -0.2) is 36.3 Å². The zero-order valence-electron chi connectivity index (χ0n) is 16.8. The maximum Gasteiger partial charge on any atom is 0.254 e. The Morgan fingerprint density at radius 3 is 2.60 bits per heavy atom. The van der Waals surface area contributed by atoms with Crippen molar-refractivity contribution in [2.24, 2.45) is 5.92 Å². The van der Waals surface area contributed by atoms with Crippen molar-refractivity contribution in [2.75, 3.05) is 19.6 Å². The molecule has 1 N–H and O–H groups in total. The van der Waals surface area contributed by atoms with Crippen LogP contribution in [0.2, 0.25) is 0 Å². The number of benzene rings is 3. The first-order chi connectivity index (χ1) is 14.7. The van der Waals surface area contributed by atoms with Gasteiger partial charge in [0.1, 0.15) is 0 Å². The van der Waals surface area contributed by atoms with Gasteiger partial charge >= 0.3 is 0 Å². The highest BCUT2D eigenvalue weighted by atomic mass is 16.2. The number of likely N-dealkylation sites (tertiary alicyclic amines) is 1. The highest BCUT2D eigenvalue weighted by Gasteiger charge is 2.29. The van der Waals surface area contributed by atoms with Gasteiger partial charge in [-0.25, -0.2) is 0 Å². The summed E-state index contributed by atoms with van der Waals surface area (Å²) < 4.78 is 0. The molecular weight excluding hydrogens is 372 g/mol. The lowest BCUT2D eigenvalue weighted by Crippen LogP contribution is -2.45. The number of carbonyl (C=O) groups excluding carboxylic acids is 2. The Balaban J connectivity index is 1.38. The lowest BCUT2D eigenvalue weighted by Gasteiger charge is -2.32. The third-order valence-electron chi connectivity index (χ3n) is 5.46. The van der Waals surface area contributed by atoms with Gasteiger partial charge in [0, 0.05) is 24.2 Å². The minimum absolute atomic E-state index is 0.00632. The second-order valence-electron chi connectivity index (χ2n) is 7.50. The highest BCUT2D eigenvalue weighted by Crippen LogP contribution is 2.23. The van der Waals surface area contributed by atoms with E-state index >= 15 is 0 Å². The Labute approximate surface area is 176 Å². The first kappa shape index (κ1) is 19.7. The fraction of sp³-hybridized carbons (Fsp3) is 0.231. The minimum Gasteiger partial charge on any atom is -0.345 e. The number of hydrogen-bond donors (Lipinski definition) is 1. The monoisotopic (exact) mass is 396 g/mol. The van der Waals surface area contributed by atoms with E-state index in [2.05, 4.69) is 17.2 Å². The van der Waals surface area contributed by atoms with Crippen molar-refractivity contribution in [3.05, 3.63) is 83.9 Å². The zero-order valence-corrected chi connectivity index (χ0v) is 16.8. The molecule has 150 valence electrons. The van der Waals surface area contributed by atoms with E-state index in [4.69, 9.17) is 0 Å². The predicted molar refractivity (Wildman–Crippen MR) is 119 cm³/mol. The molecule has 0 aromatic heterocycles. The Morgan fingerprint density at radius 2 is 1.73 bits per heavy atom. The quantitative estimate of drug-likeness (QED) is 0.684. The van der Waals surface area contributed by atoms with Gasteiger partial charge in [-0.1, -0.05) is 66.4 Å². The summed E-state index contributed by atoms with van der Waals surface area (Å²) >= 11 is 0. The van der Waals surface area contributed by atoms with Gasteiger partial charge in [0.2, 0.25) is 5.91 Å². The molecule has 1 fully saturated rings. The fourth-order valence-corrected chi connectivity index (χ4v) is 3.90. The van der Waals surface area contributed by atoms with Crippen LogP contribution in [-0.2, 0) is 4.79 Å². The maximum atomic E-state index is 13.2. The first-order valence-electron chi connectivity index (χ1n) is 10.3. The van der Waals surface area contributed by atoms with Crippen molar-refractivity contribution in [2.45, 2.75) is 12.8 Å². The average molecular weight is 396 g/mol. The molecule has 0 aliphatic carbocycles. The standard InChI is InChI=1S/C26H24N2O2/c29-25(27-17-7-11-20-9-2-1-3-10-20)22-14-8-18-28(19-22)26(30)24-16-6-13-21-12-4-5-15-23(21)24/h1-6,9-10,12-13,15-16,22H,8,14,17-19H2,(H,27,29). The molecule has 0 radical (unpaired) electrons. The summed E-state index contributed by atoms with van der Waals surface area (Å²) in [5.41, 5.74) is 1.62. The van der Waals surface area contributed by atoms with Crippen LogP contribution in [0.5, 0.6) is 0 Å². The lowest BCUT2D eigenvalue weighted by atomic mass is 9.95. The van der Waals surface area contributed by atoms with E-state index in [0.29, 0.717) is 25.2 Å². The van der Waals surface area contributed by atoms with Crippen LogP contribution < -0.4 is 5.32 Å². The molecule has 3 aromatic carbocycles. The molecule has 3 aromatic rings. The lowest BCUT2D eigenvalue weighted by molar-refractivity contribution is -0.126. The van der Waals surface area contributed by atoms with Crippen LogP contribution in [0.4, 0.5) is 0 Å². The Bertz CT molecular complexity index is 1110. The van der Waals surface area contributed by atoms with Crippen LogP contribution in [0.15, 0.2) is 72.8 Å². The normalized spacial score (nSPS) is 15.9. The molecule has 4 nitrogen and oxygen atoms in total. The molecule has 1 unspecified atom stereocenters. The maximum absolute atomic E-state index is 13.2. The summed E-state index contributed by atoms with van der Waals surface area (Å²) in [5.74, 6) is 5.79. The van der Waals surface area contributed by atoms with E-state index in [1.807, 2.05) is 77.7 Å². The van der Waals surface area contributed by atoms with E-state index in [9.17, 15) is 9.59 Å². The van der Waals surface area contributed by atoms with Crippen molar-refractivity contribution in [1.82, 2.24) is 10.2 Å². The van der Waals surface area contributed by atoms with Gasteiger partial charge < -0.3 is 10.2 Å². The summed E-state index contributed by atoms with van der Waals surface area (Å²) in [5, 5.41) is 4.90. The second kappa shape index (κ2) is 9.28. The zero-order chi connectivity index (χ0) is 20.8. The molecule has 1 atom stereocenters. The molecule has 1 heterocycles.